The van der Waals surface area contributed by atoms with Crippen molar-refractivity contribution in [1.82, 2.24) is 4.98 Å². The Bertz CT molecular complexity index is 1050. The van der Waals surface area contributed by atoms with Crippen LogP contribution in [-0.4, -0.2) is 20.3 Å². The second-order valence-corrected chi connectivity index (χ2v) is 7.90. The van der Waals surface area contributed by atoms with Crippen molar-refractivity contribution in [3.63, 3.8) is 0 Å². The average molecular weight is 485 g/mol. The zero-order chi connectivity index (χ0) is 18.3. The Labute approximate surface area is 163 Å². The van der Waals surface area contributed by atoms with Crippen molar-refractivity contribution in [2.45, 2.75) is 6.92 Å². The quantitative estimate of drug-likeness (QED) is 0.457. The van der Waals surface area contributed by atoms with Gasteiger partial charge >= 0.3 is 0 Å². The number of aromatic hydroxyl groups is 3. The van der Waals surface area contributed by atoms with E-state index in [2.05, 4.69) is 36.8 Å². The molecule has 3 rings (SSSR count). The van der Waals surface area contributed by atoms with E-state index >= 15 is 0 Å². The van der Waals surface area contributed by atoms with Crippen LogP contribution in [0.4, 0.5) is 0 Å². The van der Waals surface area contributed by atoms with Gasteiger partial charge in [0.25, 0.3) is 0 Å². The van der Waals surface area contributed by atoms with Crippen LogP contribution in [0.2, 0.25) is 0 Å². The highest BCUT2D eigenvalue weighted by molar-refractivity contribution is 9.13. The normalized spacial score (nSPS) is 11.5. The molecule has 0 saturated carbocycles. The molecule has 128 valence electrons. The number of hydrogen-bond donors (Lipinski definition) is 3. The summed E-state index contributed by atoms with van der Waals surface area (Å²) >= 11 is 7.72. The maximum absolute atomic E-state index is 11.9. The van der Waals surface area contributed by atoms with Crippen LogP contribution in [0.5, 0.6) is 17.2 Å². The van der Waals surface area contributed by atoms with Gasteiger partial charge in [-0.15, -0.1) is 11.3 Å². The van der Waals surface area contributed by atoms with Crippen LogP contribution in [-0.2, 0) is 0 Å². The van der Waals surface area contributed by atoms with E-state index < -0.39 is 0 Å². The van der Waals surface area contributed by atoms with Gasteiger partial charge < -0.3 is 15.3 Å². The zero-order valence-electron chi connectivity index (χ0n) is 12.7. The maximum atomic E-state index is 11.9. The molecule has 1 aromatic rings. The predicted octanol–water partition coefficient (Wildman–Crippen LogP) is 4.73. The molecule has 2 aliphatic rings. The van der Waals surface area contributed by atoms with Gasteiger partial charge in [0.1, 0.15) is 5.01 Å². The van der Waals surface area contributed by atoms with E-state index in [1.165, 1.54) is 17.4 Å². The summed E-state index contributed by atoms with van der Waals surface area (Å²) in [7, 11) is 0. The summed E-state index contributed by atoms with van der Waals surface area (Å²) in [5.41, 5.74) is 1.40. The molecule has 0 atom stereocenters. The number of phenols is 3. The van der Waals surface area contributed by atoms with Crippen molar-refractivity contribution in [2.75, 3.05) is 0 Å². The molecule has 0 unspecified atom stereocenters. The summed E-state index contributed by atoms with van der Waals surface area (Å²) in [5.74, 6) is -0.781. The van der Waals surface area contributed by atoms with E-state index in [0.29, 0.717) is 35.5 Å². The number of aryl methyl sites for hydroxylation is 1. The van der Waals surface area contributed by atoms with Crippen LogP contribution in [0.15, 0.2) is 32.1 Å². The van der Waals surface area contributed by atoms with E-state index in [-0.39, 0.29) is 22.7 Å². The number of rotatable bonds is 2. The molecule has 5 nitrogen and oxygen atoms in total. The van der Waals surface area contributed by atoms with Crippen LogP contribution in [0, 0.1) is 6.92 Å². The molecule has 1 aliphatic heterocycles. The molecule has 3 N–H and O–H groups in total. The summed E-state index contributed by atoms with van der Waals surface area (Å²) < 4.78 is 0.913. The van der Waals surface area contributed by atoms with Gasteiger partial charge in [0.2, 0.25) is 5.43 Å². The molecule has 0 radical (unpaired) electrons. The van der Waals surface area contributed by atoms with E-state index in [1.807, 2.05) is 0 Å². The van der Waals surface area contributed by atoms with Gasteiger partial charge in [-0.2, -0.15) is 0 Å². The average Bonchev–Trinajstić information content (AvgIpc) is 2.60. The molecule has 1 aliphatic carbocycles. The highest BCUT2D eigenvalue weighted by Crippen LogP contribution is 2.42. The first-order valence-electron chi connectivity index (χ1n) is 7.00. The van der Waals surface area contributed by atoms with Crippen LogP contribution in [0.25, 0.3) is 22.6 Å². The highest BCUT2D eigenvalue weighted by atomic mass is 79.9. The van der Waals surface area contributed by atoms with E-state index in [4.69, 9.17) is 0 Å². The summed E-state index contributed by atoms with van der Waals surface area (Å²) in [6.45, 7) is 1.65. The molecule has 1 aromatic carbocycles. The first-order valence-corrected chi connectivity index (χ1v) is 9.40. The predicted molar refractivity (Wildman–Crippen MR) is 106 cm³/mol. The van der Waals surface area contributed by atoms with Gasteiger partial charge in [-0.05, 0) is 62.6 Å². The number of phenolic OH excluding ortho intramolecular Hbond substituents is 3. The third-order valence-electron chi connectivity index (χ3n) is 3.55. The number of aromatic nitrogens is 1. The van der Waals surface area contributed by atoms with Crippen molar-refractivity contribution < 1.29 is 15.3 Å². The Balaban J connectivity index is 2.06. The number of hydrogen-bond acceptors (Lipinski definition) is 6. The molecule has 0 bridgehead atoms. The lowest BCUT2D eigenvalue weighted by Crippen LogP contribution is -2.05. The summed E-state index contributed by atoms with van der Waals surface area (Å²) in [4.78, 5) is 16.7. The Hall–Kier alpha value is -1.90. The summed E-state index contributed by atoms with van der Waals surface area (Å²) in [6, 6.07) is 3.10. The minimum absolute atomic E-state index is 0.251. The van der Waals surface area contributed by atoms with Crippen molar-refractivity contribution >= 4 is 55.3 Å². The van der Waals surface area contributed by atoms with Crippen LogP contribution in [0.1, 0.15) is 16.1 Å². The van der Waals surface area contributed by atoms with Crippen molar-refractivity contribution in [3.8, 4) is 27.7 Å². The number of fused-ring (bicyclic) bond motifs is 1. The largest absolute Gasteiger partial charge is 0.504 e. The molecule has 0 fully saturated rings. The Morgan fingerprint density at radius 2 is 1.80 bits per heavy atom. The van der Waals surface area contributed by atoms with Crippen molar-refractivity contribution in [1.29, 1.82) is 0 Å². The van der Waals surface area contributed by atoms with Crippen molar-refractivity contribution in [2.24, 2.45) is 0 Å². The van der Waals surface area contributed by atoms with Crippen LogP contribution in [0.3, 0.4) is 0 Å². The van der Waals surface area contributed by atoms with Crippen molar-refractivity contribution in [3.05, 3.63) is 53.6 Å². The van der Waals surface area contributed by atoms with Gasteiger partial charge in [-0.3, -0.25) is 4.79 Å². The molecule has 1 heterocycles. The third kappa shape index (κ3) is 3.29. The fraction of sp³-hybridized carbons (Fsp3) is 0.0588. The van der Waals surface area contributed by atoms with E-state index in [0.717, 1.165) is 0 Å². The van der Waals surface area contributed by atoms with Crippen LogP contribution < -0.4 is 5.43 Å². The number of benzene rings is 2. The minimum Gasteiger partial charge on any atom is -0.504 e. The molecule has 8 heteroatoms. The first kappa shape index (κ1) is 17.9. The van der Waals surface area contributed by atoms with Gasteiger partial charge in [0.05, 0.1) is 9.35 Å². The topological polar surface area (TPSA) is 90.7 Å². The first-order chi connectivity index (χ1) is 11.8. The van der Waals surface area contributed by atoms with Gasteiger partial charge in [0.15, 0.2) is 17.2 Å². The molecular formula is C17H11Br2NO4S. The van der Waals surface area contributed by atoms with Gasteiger partial charge in [-0.25, -0.2) is 4.98 Å². The second kappa shape index (κ2) is 6.78. The van der Waals surface area contributed by atoms with E-state index in [9.17, 15) is 20.1 Å². The highest BCUT2D eigenvalue weighted by Gasteiger charge is 2.15. The Morgan fingerprint density at radius 3 is 2.52 bits per heavy atom. The SMILES string of the molecule is Cc1cc2cnc(/C=C/c3cc(O)c(O)c(Br)c3Br)sc-2c(O)c1=O. The minimum atomic E-state index is -0.389. The van der Waals surface area contributed by atoms with Crippen LogP contribution >= 0.6 is 43.2 Å². The molecule has 0 aromatic heterocycles. The molecule has 0 spiro atoms. The fourth-order valence-corrected chi connectivity index (χ4v) is 3.98. The third-order valence-corrected chi connectivity index (χ3v) is 6.80. The standard InChI is InChI=1S/C17H11Br2NO4S/c1-7-4-9-6-20-11(25-17(9)16(24)14(7)22)3-2-8-5-10(21)15(23)13(19)12(8)18/h2-6,21,23-24H,1H3/b3-2+. The lowest BCUT2D eigenvalue weighted by Gasteiger charge is -2.08. The van der Waals surface area contributed by atoms with Gasteiger partial charge in [-0.1, -0.05) is 6.08 Å². The molecular weight excluding hydrogens is 474 g/mol. The Kier molecular flexibility index (Phi) is 4.86. The Morgan fingerprint density at radius 1 is 1.08 bits per heavy atom. The summed E-state index contributed by atoms with van der Waals surface area (Å²) in [6.07, 6.45) is 4.98. The molecule has 25 heavy (non-hydrogen) atoms. The molecule has 0 saturated heterocycles. The smallest absolute Gasteiger partial charge is 0.224 e. The number of nitrogens with zero attached hydrogens (tertiary/aromatic N) is 1. The fourth-order valence-electron chi connectivity index (χ4n) is 2.24. The summed E-state index contributed by atoms with van der Waals surface area (Å²) in [5, 5.41) is 30.0. The lowest BCUT2D eigenvalue weighted by atomic mass is 10.1. The van der Waals surface area contributed by atoms with E-state index in [1.54, 1.807) is 31.3 Å². The zero-order valence-corrected chi connectivity index (χ0v) is 16.7. The van der Waals surface area contributed by atoms with Gasteiger partial charge in [0, 0.05) is 21.8 Å². The maximum Gasteiger partial charge on any atom is 0.224 e. The molecule has 0 amide bonds. The lowest BCUT2D eigenvalue weighted by molar-refractivity contribution is 0.401. The number of halogens is 2. The monoisotopic (exact) mass is 483 g/mol. The second-order valence-electron chi connectivity index (χ2n) is 5.28.